The van der Waals surface area contributed by atoms with Crippen molar-refractivity contribution in [2.45, 2.75) is 13.0 Å². The number of fused-ring (bicyclic) bond motifs is 1. The Balaban J connectivity index is 2.75. The molecule has 1 N–H and O–H groups in total. The summed E-state index contributed by atoms with van der Waals surface area (Å²) in [7, 11) is 0. The number of carbonyl (C=O) groups is 1. The van der Waals surface area contributed by atoms with Crippen LogP contribution in [-0.2, 0) is 0 Å². The van der Waals surface area contributed by atoms with Gasteiger partial charge in [0.25, 0.3) is 0 Å². The van der Waals surface area contributed by atoms with E-state index in [2.05, 4.69) is 26.0 Å². The molecule has 1 heterocycles. The van der Waals surface area contributed by atoms with Crippen LogP contribution in [0.2, 0.25) is 0 Å². The summed E-state index contributed by atoms with van der Waals surface area (Å²) >= 11 is 3.35. The van der Waals surface area contributed by atoms with Gasteiger partial charge in [0.05, 0.1) is 18.2 Å². The van der Waals surface area contributed by atoms with Crippen LogP contribution in [0.1, 0.15) is 23.3 Å². The summed E-state index contributed by atoms with van der Waals surface area (Å²) in [5.74, 6) is -0.146. The molecule has 7 heteroatoms. The minimum atomic E-state index is -0.700. The van der Waals surface area contributed by atoms with E-state index < -0.39 is 6.04 Å². The predicted molar refractivity (Wildman–Crippen MR) is 74.9 cm³/mol. The van der Waals surface area contributed by atoms with Crippen LogP contribution in [0, 0.1) is 0 Å². The first-order chi connectivity index (χ1) is 9.08. The minimum Gasteiger partial charge on any atom is -0.396 e. The number of carbonyl (C=O) groups excluding carboxylic acids is 1. The van der Waals surface area contributed by atoms with Gasteiger partial charge in [0.1, 0.15) is 0 Å². The Morgan fingerprint density at radius 3 is 2.95 bits per heavy atom. The lowest BCUT2D eigenvalue weighted by Gasteiger charge is -2.05. The Kier molecular flexibility index (Phi) is 3.90. The van der Waals surface area contributed by atoms with Crippen molar-refractivity contribution in [2.75, 3.05) is 6.61 Å². The third kappa shape index (κ3) is 2.49. The molecular weight excluding hydrogens is 312 g/mol. The van der Waals surface area contributed by atoms with Crippen LogP contribution in [0.5, 0.6) is 0 Å². The van der Waals surface area contributed by atoms with Crippen molar-refractivity contribution < 1.29 is 9.90 Å². The first-order valence-electron chi connectivity index (χ1n) is 5.55. The van der Waals surface area contributed by atoms with E-state index in [0.29, 0.717) is 11.1 Å². The van der Waals surface area contributed by atoms with E-state index in [0.717, 1.165) is 9.86 Å². The van der Waals surface area contributed by atoms with Gasteiger partial charge in [-0.25, -0.2) is 0 Å². The summed E-state index contributed by atoms with van der Waals surface area (Å²) in [5.41, 5.74) is 9.88. The Labute approximate surface area is 117 Å². The fraction of sp³-hybridized carbons (Fsp3) is 0.250. The molecule has 0 amide bonds. The van der Waals surface area contributed by atoms with Crippen LogP contribution in [-0.4, -0.2) is 22.2 Å². The van der Waals surface area contributed by atoms with Crippen LogP contribution in [0.25, 0.3) is 21.3 Å². The molecule has 1 atom stereocenters. The summed E-state index contributed by atoms with van der Waals surface area (Å²) in [6, 6.07) is 4.77. The second-order valence-corrected chi connectivity index (χ2v) is 4.95. The second kappa shape index (κ2) is 5.44. The third-order valence-corrected chi connectivity index (χ3v) is 3.35. The molecule has 0 unspecified atom stereocenters. The highest BCUT2D eigenvalue weighted by Gasteiger charge is 2.17. The summed E-state index contributed by atoms with van der Waals surface area (Å²) in [4.78, 5) is 14.4. The number of rotatable bonds is 3. The molecule has 0 saturated heterocycles. The molecule has 0 aliphatic rings. The summed E-state index contributed by atoms with van der Waals surface area (Å²) in [6.07, 6.45) is 1.61. The van der Waals surface area contributed by atoms with Crippen molar-refractivity contribution >= 4 is 32.7 Å². The molecule has 1 aromatic heterocycles. The Hall–Kier alpha value is -1.82. The summed E-state index contributed by atoms with van der Waals surface area (Å²) in [6.45, 7) is 1.14. The van der Waals surface area contributed by atoms with E-state index in [1.807, 2.05) is 18.2 Å². The van der Waals surface area contributed by atoms with Crippen LogP contribution in [0.3, 0.4) is 0 Å². The van der Waals surface area contributed by atoms with Gasteiger partial charge in [0, 0.05) is 27.9 Å². The minimum absolute atomic E-state index is 0.146. The van der Waals surface area contributed by atoms with Crippen molar-refractivity contribution in [3.05, 3.63) is 44.9 Å². The standard InChI is InChI=1S/C12H11BrN4O2/c1-7(19)17-5-10(11(6-18)15-16-14)9-3-2-8(13)4-12(9)17/h2-5,11,18H,6H2,1H3/t11-/m0/s1. The smallest absolute Gasteiger partial charge is 0.227 e. The molecule has 0 spiro atoms. The molecule has 0 fully saturated rings. The Bertz CT molecular complexity index is 688. The molecule has 2 aromatic rings. The molecule has 2 rings (SSSR count). The average molecular weight is 323 g/mol. The Morgan fingerprint density at radius 1 is 1.63 bits per heavy atom. The number of hydrogen-bond acceptors (Lipinski definition) is 3. The monoisotopic (exact) mass is 322 g/mol. The molecule has 0 aliphatic carbocycles. The van der Waals surface area contributed by atoms with Crippen molar-refractivity contribution in [1.29, 1.82) is 0 Å². The maximum Gasteiger partial charge on any atom is 0.227 e. The lowest BCUT2D eigenvalue weighted by atomic mass is 10.1. The molecule has 0 saturated carbocycles. The van der Waals surface area contributed by atoms with E-state index in [4.69, 9.17) is 5.53 Å². The van der Waals surface area contributed by atoms with Crippen LogP contribution in [0.15, 0.2) is 34.0 Å². The quantitative estimate of drug-likeness (QED) is 0.533. The van der Waals surface area contributed by atoms with Gasteiger partial charge in [-0.2, -0.15) is 0 Å². The van der Waals surface area contributed by atoms with Gasteiger partial charge < -0.3 is 5.11 Å². The lowest BCUT2D eigenvalue weighted by Crippen LogP contribution is -2.04. The molecule has 19 heavy (non-hydrogen) atoms. The number of aromatic nitrogens is 1. The van der Waals surface area contributed by atoms with E-state index in [1.165, 1.54) is 11.5 Å². The fourth-order valence-corrected chi connectivity index (χ4v) is 2.36. The maximum absolute atomic E-state index is 11.6. The highest BCUT2D eigenvalue weighted by Crippen LogP contribution is 2.30. The van der Waals surface area contributed by atoms with Gasteiger partial charge in [-0.15, -0.1) is 0 Å². The first-order valence-corrected chi connectivity index (χ1v) is 6.34. The molecule has 0 bridgehead atoms. The largest absolute Gasteiger partial charge is 0.396 e. The van der Waals surface area contributed by atoms with Crippen LogP contribution in [0.4, 0.5) is 0 Å². The number of benzene rings is 1. The van der Waals surface area contributed by atoms with Crippen molar-refractivity contribution in [3.63, 3.8) is 0 Å². The van der Waals surface area contributed by atoms with Crippen LogP contribution >= 0.6 is 15.9 Å². The van der Waals surface area contributed by atoms with Gasteiger partial charge in [-0.3, -0.25) is 9.36 Å². The zero-order chi connectivity index (χ0) is 14.0. The van der Waals surface area contributed by atoms with Gasteiger partial charge >= 0.3 is 0 Å². The predicted octanol–water partition coefficient (Wildman–Crippen LogP) is 3.41. The number of hydrogen-bond donors (Lipinski definition) is 1. The van der Waals surface area contributed by atoms with Gasteiger partial charge in [-0.05, 0) is 23.2 Å². The van der Waals surface area contributed by atoms with E-state index in [1.54, 1.807) is 6.20 Å². The molecular formula is C12H11BrN4O2. The number of azide groups is 1. The zero-order valence-electron chi connectivity index (χ0n) is 10.1. The SMILES string of the molecule is CC(=O)n1cc([C@H](CO)N=[N+]=[N-])c2ccc(Br)cc21. The Morgan fingerprint density at radius 2 is 2.37 bits per heavy atom. The summed E-state index contributed by atoms with van der Waals surface area (Å²) in [5, 5.41) is 13.6. The topological polar surface area (TPSA) is 91.0 Å². The normalized spacial score (nSPS) is 12.2. The third-order valence-electron chi connectivity index (χ3n) is 2.86. The fourth-order valence-electron chi connectivity index (χ4n) is 2.01. The number of aliphatic hydroxyl groups excluding tert-OH is 1. The molecule has 0 aliphatic heterocycles. The zero-order valence-corrected chi connectivity index (χ0v) is 11.7. The summed E-state index contributed by atoms with van der Waals surface area (Å²) < 4.78 is 2.32. The van der Waals surface area contributed by atoms with Crippen molar-refractivity contribution in [1.82, 2.24) is 4.57 Å². The highest BCUT2D eigenvalue weighted by atomic mass is 79.9. The molecule has 98 valence electrons. The number of aliphatic hydroxyl groups is 1. The van der Waals surface area contributed by atoms with Crippen LogP contribution < -0.4 is 0 Å². The van der Waals surface area contributed by atoms with Gasteiger partial charge in [0.15, 0.2) is 0 Å². The number of halogens is 1. The van der Waals surface area contributed by atoms with Gasteiger partial charge in [-0.1, -0.05) is 27.1 Å². The highest BCUT2D eigenvalue weighted by molar-refractivity contribution is 9.10. The lowest BCUT2D eigenvalue weighted by molar-refractivity contribution is 0.0941. The van der Waals surface area contributed by atoms with Gasteiger partial charge in [0.2, 0.25) is 5.91 Å². The maximum atomic E-state index is 11.6. The molecule has 6 nitrogen and oxygen atoms in total. The van der Waals surface area contributed by atoms with E-state index in [9.17, 15) is 9.90 Å². The van der Waals surface area contributed by atoms with Crippen molar-refractivity contribution in [2.24, 2.45) is 5.11 Å². The number of nitrogens with zero attached hydrogens (tertiary/aromatic N) is 4. The van der Waals surface area contributed by atoms with E-state index >= 15 is 0 Å². The second-order valence-electron chi connectivity index (χ2n) is 4.04. The average Bonchev–Trinajstić information content (AvgIpc) is 2.74. The molecule has 1 aromatic carbocycles. The van der Waals surface area contributed by atoms with E-state index in [-0.39, 0.29) is 12.5 Å². The van der Waals surface area contributed by atoms with Crippen molar-refractivity contribution in [3.8, 4) is 0 Å². The molecule has 0 radical (unpaired) electrons. The first kappa shape index (κ1) is 13.6.